The van der Waals surface area contributed by atoms with Crippen LogP contribution in [0, 0.1) is 10.5 Å². The van der Waals surface area contributed by atoms with Gasteiger partial charge in [0.2, 0.25) is 0 Å². The van der Waals surface area contributed by atoms with Crippen molar-refractivity contribution < 1.29 is 19.1 Å². The van der Waals surface area contributed by atoms with E-state index in [9.17, 15) is 9.59 Å². The highest BCUT2D eigenvalue weighted by Gasteiger charge is 2.43. The highest BCUT2D eigenvalue weighted by Crippen LogP contribution is 2.51. The molecule has 1 heterocycles. The Hall–Kier alpha value is -3.39. The largest absolute Gasteiger partial charge is 0.493 e. The number of ketones is 2. The first kappa shape index (κ1) is 27.8. The molecule has 2 aliphatic carbocycles. The SMILES string of the molecule is COc1cc(C2C3=C(CCCC3=O)N(Cc3ccccc3)C3=C2C(=O)CCC3)cc(I)c1OCc1cccc(C)c1. The average molecular weight is 660 g/mol. The predicted octanol–water partition coefficient (Wildman–Crippen LogP) is 7.80. The number of hydrogen-bond acceptors (Lipinski definition) is 5. The maximum atomic E-state index is 13.7. The first-order valence-corrected chi connectivity index (χ1v) is 15.4. The number of methoxy groups -OCH3 is 1. The molecule has 0 N–H and O–H groups in total. The van der Waals surface area contributed by atoms with Crippen molar-refractivity contribution in [2.45, 2.75) is 64.5 Å². The molecule has 210 valence electrons. The molecule has 0 bridgehead atoms. The monoisotopic (exact) mass is 659 g/mol. The van der Waals surface area contributed by atoms with E-state index >= 15 is 0 Å². The van der Waals surface area contributed by atoms with Crippen LogP contribution in [0.1, 0.15) is 66.7 Å². The summed E-state index contributed by atoms with van der Waals surface area (Å²) in [5.74, 6) is 1.19. The number of nitrogens with zero attached hydrogens (tertiary/aromatic N) is 1. The molecule has 0 unspecified atom stereocenters. The van der Waals surface area contributed by atoms with Crippen LogP contribution in [0.5, 0.6) is 11.5 Å². The van der Waals surface area contributed by atoms with Crippen LogP contribution in [0.25, 0.3) is 0 Å². The van der Waals surface area contributed by atoms with Gasteiger partial charge in [0.05, 0.1) is 10.7 Å². The molecule has 0 radical (unpaired) electrons. The molecule has 3 aromatic carbocycles. The van der Waals surface area contributed by atoms with Gasteiger partial charge in [-0.25, -0.2) is 0 Å². The van der Waals surface area contributed by atoms with Gasteiger partial charge in [0.15, 0.2) is 23.1 Å². The van der Waals surface area contributed by atoms with Crippen molar-refractivity contribution in [2.75, 3.05) is 7.11 Å². The van der Waals surface area contributed by atoms with Crippen LogP contribution in [0.15, 0.2) is 89.3 Å². The van der Waals surface area contributed by atoms with Gasteiger partial charge in [0.1, 0.15) is 6.61 Å². The third-order valence-electron chi connectivity index (χ3n) is 8.32. The molecule has 0 saturated carbocycles. The standard InChI is InChI=1S/C35H34INO4/c1-22-9-6-12-24(17-22)21-41-35-26(36)18-25(19-31(35)40-2)32-33-27(13-7-15-29(33)38)37(20-23-10-4-3-5-11-23)28-14-8-16-30(39)34(28)32/h3-6,9-12,17-19,32H,7-8,13-16,20-21H2,1-2H3. The van der Waals surface area contributed by atoms with Gasteiger partial charge >= 0.3 is 0 Å². The number of carbonyl (C=O) groups is 2. The number of ether oxygens (including phenoxy) is 2. The Morgan fingerprint density at radius 2 is 1.49 bits per heavy atom. The van der Waals surface area contributed by atoms with Crippen LogP contribution in [-0.2, 0) is 22.7 Å². The van der Waals surface area contributed by atoms with Gasteiger partial charge < -0.3 is 14.4 Å². The van der Waals surface area contributed by atoms with Gasteiger partial charge in [0.25, 0.3) is 0 Å². The smallest absolute Gasteiger partial charge is 0.174 e. The van der Waals surface area contributed by atoms with E-state index in [-0.39, 0.29) is 17.5 Å². The topological polar surface area (TPSA) is 55.8 Å². The van der Waals surface area contributed by atoms with E-state index in [0.717, 1.165) is 62.9 Å². The van der Waals surface area contributed by atoms with Gasteiger partial charge in [-0.15, -0.1) is 0 Å². The molecule has 3 aromatic rings. The van der Waals surface area contributed by atoms with Gasteiger partial charge in [-0.1, -0.05) is 60.2 Å². The Bertz CT molecular complexity index is 1530. The molecule has 1 aliphatic heterocycles. The number of Topliss-reactive ketones (excluding diaryl/α,β-unsaturated/α-hetero) is 2. The van der Waals surface area contributed by atoms with Crippen molar-refractivity contribution in [2.24, 2.45) is 0 Å². The fourth-order valence-electron chi connectivity index (χ4n) is 6.51. The summed E-state index contributed by atoms with van der Waals surface area (Å²) in [7, 11) is 1.64. The number of allylic oxidation sites excluding steroid dienone is 4. The Morgan fingerprint density at radius 3 is 2.12 bits per heavy atom. The van der Waals surface area contributed by atoms with Crippen molar-refractivity contribution in [3.63, 3.8) is 0 Å². The van der Waals surface area contributed by atoms with Crippen LogP contribution in [-0.4, -0.2) is 23.6 Å². The van der Waals surface area contributed by atoms with Crippen molar-refractivity contribution >= 4 is 34.2 Å². The molecule has 3 aliphatic rings. The Morgan fingerprint density at radius 1 is 0.829 bits per heavy atom. The van der Waals surface area contributed by atoms with E-state index in [0.29, 0.717) is 37.5 Å². The van der Waals surface area contributed by atoms with E-state index in [1.807, 2.05) is 30.3 Å². The molecule has 0 saturated heterocycles. The van der Waals surface area contributed by atoms with Crippen LogP contribution in [0.2, 0.25) is 0 Å². The minimum absolute atomic E-state index is 0.146. The molecule has 0 aromatic heterocycles. The molecule has 0 atom stereocenters. The molecular weight excluding hydrogens is 625 g/mol. The van der Waals surface area contributed by atoms with E-state index in [2.05, 4.69) is 70.8 Å². The summed E-state index contributed by atoms with van der Waals surface area (Å²) < 4.78 is 13.0. The maximum Gasteiger partial charge on any atom is 0.174 e. The lowest BCUT2D eigenvalue weighted by Gasteiger charge is -2.44. The molecule has 6 rings (SSSR count). The maximum absolute atomic E-state index is 13.7. The first-order valence-electron chi connectivity index (χ1n) is 14.3. The molecular formula is C35H34INO4. The average Bonchev–Trinajstić information content (AvgIpc) is 2.97. The highest BCUT2D eigenvalue weighted by atomic mass is 127. The van der Waals surface area contributed by atoms with Crippen LogP contribution >= 0.6 is 22.6 Å². The number of carbonyl (C=O) groups excluding carboxylic acids is 2. The fourth-order valence-corrected chi connectivity index (χ4v) is 7.29. The fraction of sp³-hybridized carbons (Fsp3) is 0.314. The highest BCUT2D eigenvalue weighted by molar-refractivity contribution is 14.1. The van der Waals surface area contributed by atoms with E-state index in [1.54, 1.807) is 7.11 Å². The molecule has 0 spiro atoms. The van der Waals surface area contributed by atoms with Gasteiger partial charge in [-0.3, -0.25) is 9.59 Å². The lowest BCUT2D eigenvalue weighted by molar-refractivity contribution is -0.117. The van der Waals surface area contributed by atoms with Crippen LogP contribution < -0.4 is 9.47 Å². The lowest BCUT2D eigenvalue weighted by atomic mass is 9.71. The molecule has 6 heteroatoms. The number of rotatable bonds is 7. The second kappa shape index (κ2) is 11.8. The molecule has 0 amide bonds. The minimum atomic E-state index is -0.388. The normalized spacial score (nSPS) is 17.5. The molecule has 41 heavy (non-hydrogen) atoms. The van der Waals surface area contributed by atoms with Crippen molar-refractivity contribution in [1.29, 1.82) is 0 Å². The summed E-state index contributed by atoms with van der Waals surface area (Å²) in [6.07, 6.45) is 4.36. The Kier molecular flexibility index (Phi) is 8.02. The van der Waals surface area contributed by atoms with E-state index in [4.69, 9.17) is 9.47 Å². The number of benzene rings is 3. The Balaban J connectivity index is 1.44. The van der Waals surface area contributed by atoms with Crippen LogP contribution in [0.4, 0.5) is 0 Å². The summed E-state index contributed by atoms with van der Waals surface area (Å²) >= 11 is 2.29. The third-order valence-corrected chi connectivity index (χ3v) is 9.12. The summed E-state index contributed by atoms with van der Waals surface area (Å²) in [5, 5.41) is 0. The number of halogens is 1. The summed E-state index contributed by atoms with van der Waals surface area (Å²) in [5.41, 5.74) is 8.09. The minimum Gasteiger partial charge on any atom is -0.493 e. The zero-order chi connectivity index (χ0) is 28.5. The predicted molar refractivity (Wildman–Crippen MR) is 168 cm³/mol. The van der Waals surface area contributed by atoms with Crippen molar-refractivity contribution in [1.82, 2.24) is 4.90 Å². The first-order chi connectivity index (χ1) is 19.9. The van der Waals surface area contributed by atoms with Gasteiger partial charge in [0, 0.05) is 47.8 Å². The summed E-state index contributed by atoms with van der Waals surface area (Å²) in [6.45, 7) is 3.16. The number of hydrogen-bond donors (Lipinski definition) is 0. The molecule has 0 fully saturated rings. The quantitative estimate of drug-likeness (QED) is 0.243. The van der Waals surface area contributed by atoms with Crippen LogP contribution in [0.3, 0.4) is 0 Å². The zero-order valence-electron chi connectivity index (χ0n) is 23.5. The Labute approximate surface area is 255 Å². The second-order valence-corrected chi connectivity index (χ2v) is 12.3. The van der Waals surface area contributed by atoms with Gasteiger partial charge in [-0.2, -0.15) is 0 Å². The summed E-state index contributed by atoms with van der Waals surface area (Å²) in [4.78, 5) is 29.7. The van der Waals surface area contributed by atoms with Crippen molar-refractivity contribution in [3.05, 3.63) is 115 Å². The van der Waals surface area contributed by atoms with E-state index < -0.39 is 0 Å². The third kappa shape index (κ3) is 5.46. The van der Waals surface area contributed by atoms with E-state index in [1.165, 1.54) is 11.1 Å². The lowest BCUT2D eigenvalue weighted by Crippen LogP contribution is -2.38. The number of aryl methyl sites for hydroxylation is 1. The zero-order valence-corrected chi connectivity index (χ0v) is 25.7. The molecule has 5 nitrogen and oxygen atoms in total. The summed E-state index contributed by atoms with van der Waals surface area (Å²) in [6, 6.07) is 22.6. The van der Waals surface area contributed by atoms with Gasteiger partial charge in [-0.05, 0) is 84.0 Å². The van der Waals surface area contributed by atoms with Crippen molar-refractivity contribution in [3.8, 4) is 11.5 Å². The second-order valence-electron chi connectivity index (χ2n) is 11.1.